The molecule has 0 aromatic heterocycles. The Morgan fingerprint density at radius 1 is 1.14 bits per heavy atom. The van der Waals surface area contributed by atoms with Gasteiger partial charge in [-0.1, -0.05) is 12.2 Å². The van der Waals surface area contributed by atoms with Crippen LogP contribution in [-0.2, 0) is 0 Å². The highest BCUT2D eigenvalue weighted by atomic mass is 35.5. The van der Waals surface area contributed by atoms with E-state index >= 15 is 0 Å². The van der Waals surface area contributed by atoms with Gasteiger partial charge < -0.3 is 15.2 Å². The highest BCUT2D eigenvalue weighted by molar-refractivity contribution is 7.80. The fourth-order valence-electron chi connectivity index (χ4n) is 1.05. The zero-order valence-electron chi connectivity index (χ0n) is 7.10. The van der Waals surface area contributed by atoms with Crippen LogP contribution >= 0.6 is 24.6 Å². The highest BCUT2D eigenvalue weighted by Gasteiger charge is 2.09. The summed E-state index contributed by atoms with van der Waals surface area (Å²) in [5.41, 5.74) is 6.23. The standard InChI is InChI=1S/C9H7NO2S.ClH/c10-9(13)6-1-2-7-8(5-6)12-4-3-11-7;/h1-5H,(H2,10,13);1H. The number of ether oxygens (including phenoxy) is 2. The van der Waals surface area contributed by atoms with Crippen molar-refractivity contribution in [3.63, 3.8) is 0 Å². The molecule has 1 heterocycles. The number of thiocarbonyl (C=S) groups is 1. The molecule has 5 heteroatoms. The van der Waals surface area contributed by atoms with Crippen LogP contribution in [0.25, 0.3) is 0 Å². The third-order valence-corrected chi connectivity index (χ3v) is 1.91. The van der Waals surface area contributed by atoms with Gasteiger partial charge in [0, 0.05) is 5.56 Å². The smallest absolute Gasteiger partial charge is 0.169 e. The first-order chi connectivity index (χ1) is 6.27. The first kappa shape index (κ1) is 10.8. The Bertz CT molecular complexity index is 392. The van der Waals surface area contributed by atoms with Crippen LogP contribution in [0.4, 0.5) is 0 Å². The monoisotopic (exact) mass is 229 g/mol. The van der Waals surface area contributed by atoms with Crippen LogP contribution in [0.3, 0.4) is 0 Å². The Morgan fingerprint density at radius 3 is 2.43 bits per heavy atom. The van der Waals surface area contributed by atoms with Crippen LogP contribution in [0.1, 0.15) is 5.56 Å². The molecule has 0 spiro atoms. The summed E-state index contributed by atoms with van der Waals surface area (Å²) in [5.74, 6) is 1.30. The van der Waals surface area contributed by atoms with Crippen molar-refractivity contribution in [1.29, 1.82) is 0 Å². The Balaban J connectivity index is 0.000000980. The van der Waals surface area contributed by atoms with Gasteiger partial charge in [-0.15, -0.1) is 12.4 Å². The minimum Gasteiger partial charge on any atom is -0.458 e. The van der Waals surface area contributed by atoms with E-state index in [0.29, 0.717) is 16.5 Å². The maximum Gasteiger partial charge on any atom is 0.169 e. The van der Waals surface area contributed by atoms with Crippen molar-refractivity contribution >= 4 is 29.6 Å². The topological polar surface area (TPSA) is 44.5 Å². The lowest BCUT2D eigenvalue weighted by molar-refractivity contribution is 0.361. The normalized spacial score (nSPS) is 11.7. The largest absolute Gasteiger partial charge is 0.458 e. The van der Waals surface area contributed by atoms with Crippen molar-refractivity contribution in [3.8, 4) is 11.5 Å². The maximum atomic E-state index is 5.46. The van der Waals surface area contributed by atoms with Crippen molar-refractivity contribution in [2.24, 2.45) is 5.73 Å². The van der Waals surface area contributed by atoms with Crippen LogP contribution in [0.5, 0.6) is 11.5 Å². The van der Waals surface area contributed by atoms with Crippen molar-refractivity contribution in [3.05, 3.63) is 36.3 Å². The average molecular weight is 230 g/mol. The van der Waals surface area contributed by atoms with E-state index in [-0.39, 0.29) is 12.4 Å². The zero-order chi connectivity index (χ0) is 9.26. The van der Waals surface area contributed by atoms with Crippen molar-refractivity contribution < 1.29 is 9.47 Å². The van der Waals surface area contributed by atoms with E-state index in [2.05, 4.69) is 0 Å². The van der Waals surface area contributed by atoms with Crippen LogP contribution in [0.2, 0.25) is 0 Å². The number of halogens is 1. The second-order valence-electron chi connectivity index (χ2n) is 2.53. The van der Waals surface area contributed by atoms with Crippen LogP contribution in [0, 0.1) is 0 Å². The van der Waals surface area contributed by atoms with Gasteiger partial charge in [0.05, 0.1) is 0 Å². The molecule has 3 nitrogen and oxygen atoms in total. The summed E-state index contributed by atoms with van der Waals surface area (Å²) in [6.07, 6.45) is 2.94. The molecule has 2 N–H and O–H groups in total. The lowest BCUT2D eigenvalue weighted by atomic mass is 10.2. The lowest BCUT2D eigenvalue weighted by Crippen LogP contribution is -2.09. The third-order valence-electron chi connectivity index (χ3n) is 1.67. The van der Waals surface area contributed by atoms with E-state index in [0.717, 1.165) is 5.56 Å². The highest BCUT2D eigenvalue weighted by Crippen LogP contribution is 2.30. The van der Waals surface area contributed by atoms with Crippen molar-refractivity contribution in [1.82, 2.24) is 0 Å². The molecule has 1 aromatic rings. The molecule has 0 fully saturated rings. The van der Waals surface area contributed by atoms with Gasteiger partial charge in [-0.25, -0.2) is 0 Å². The number of rotatable bonds is 1. The van der Waals surface area contributed by atoms with E-state index in [1.165, 1.54) is 12.5 Å². The fourth-order valence-corrected chi connectivity index (χ4v) is 1.18. The molecule has 0 amide bonds. The molecule has 0 aliphatic carbocycles. The molecule has 0 radical (unpaired) electrons. The third kappa shape index (κ3) is 1.97. The van der Waals surface area contributed by atoms with Crippen molar-refractivity contribution in [2.45, 2.75) is 0 Å². The van der Waals surface area contributed by atoms with Crippen LogP contribution in [0.15, 0.2) is 30.7 Å². The minimum absolute atomic E-state index is 0. The average Bonchev–Trinajstić information content (AvgIpc) is 2.17. The van der Waals surface area contributed by atoms with Gasteiger partial charge in [0.1, 0.15) is 17.5 Å². The van der Waals surface area contributed by atoms with Gasteiger partial charge in [0.15, 0.2) is 11.5 Å². The number of fused-ring (bicyclic) bond motifs is 1. The van der Waals surface area contributed by atoms with E-state index in [1.807, 2.05) is 0 Å². The van der Waals surface area contributed by atoms with E-state index in [9.17, 15) is 0 Å². The molecule has 2 rings (SSSR count). The van der Waals surface area contributed by atoms with Gasteiger partial charge in [-0.05, 0) is 18.2 Å². The van der Waals surface area contributed by atoms with Gasteiger partial charge in [-0.3, -0.25) is 0 Å². The molecule has 1 aromatic carbocycles. The quantitative estimate of drug-likeness (QED) is 0.748. The predicted molar refractivity (Wildman–Crippen MR) is 60.0 cm³/mol. The molecule has 0 saturated heterocycles. The first-order valence-electron chi connectivity index (χ1n) is 3.69. The Morgan fingerprint density at radius 2 is 1.79 bits per heavy atom. The Labute approximate surface area is 92.9 Å². The Kier molecular flexibility index (Phi) is 3.33. The molecule has 1 aliphatic heterocycles. The summed E-state index contributed by atoms with van der Waals surface area (Å²) in [6.45, 7) is 0. The SMILES string of the molecule is Cl.NC(=S)c1ccc2c(c1)OC=CO2. The summed E-state index contributed by atoms with van der Waals surface area (Å²) in [5, 5.41) is 0. The second-order valence-corrected chi connectivity index (χ2v) is 2.97. The van der Waals surface area contributed by atoms with E-state index < -0.39 is 0 Å². The zero-order valence-corrected chi connectivity index (χ0v) is 8.73. The predicted octanol–water partition coefficient (Wildman–Crippen LogP) is 1.98. The number of hydrogen-bond acceptors (Lipinski definition) is 3. The molecule has 0 unspecified atom stereocenters. The summed E-state index contributed by atoms with van der Waals surface area (Å²) in [7, 11) is 0. The first-order valence-corrected chi connectivity index (χ1v) is 4.10. The molecule has 0 atom stereocenters. The second kappa shape index (κ2) is 4.30. The fraction of sp³-hybridized carbons (Fsp3) is 0. The number of nitrogens with two attached hydrogens (primary N) is 1. The lowest BCUT2D eigenvalue weighted by Gasteiger charge is -2.12. The molecular weight excluding hydrogens is 222 g/mol. The molecule has 0 bridgehead atoms. The molecule has 74 valence electrons. The molecular formula is C9H8ClNO2S. The summed E-state index contributed by atoms with van der Waals surface area (Å²) < 4.78 is 10.4. The Hall–Kier alpha value is -1.26. The van der Waals surface area contributed by atoms with Crippen LogP contribution < -0.4 is 15.2 Å². The molecule has 14 heavy (non-hydrogen) atoms. The van der Waals surface area contributed by atoms with E-state index in [1.54, 1.807) is 18.2 Å². The summed E-state index contributed by atoms with van der Waals surface area (Å²) in [6, 6.07) is 5.32. The van der Waals surface area contributed by atoms with Crippen molar-refractivity contribution in [2.75, 3.05) is 0 Å². The number of benzene rings is 1. The molecule has 0 saturated carbocycles. The van der Waals surface area contributed by atoms with Gasteiger partial charge in [0.25, 0.3) is 0 Å². The van der Waals surface area contributed by atoms with Crippen LogP contribution in [-0.4, -0.2) is 4.99 Å². The summed E-state index contributed by atoms with van der Waals surface area (Å²) >= 11 is 4.83. The van der Waals surface area contributed by atoms with E-state index in [4.69, 9.17) is 27.4 Å². The minimum atomic E-state index is 0. The summed E-state index contributed by atoms with van der Waals surface area (Å²) in [4.78, 5) is 0.348. The molecule has 1 aliphatic rings. The van der Waals surface area contributed by atoms with Gasteiger partial charge in [0.2, 0.25) is 0 Å². The van der Waals surface area contributed by atoms with Gasteiger partial charge in [-0.2, -0.15) is 0 Å². The number of hydrogen-bond donors (Lipinski definition) is 1. The van der Waals surface area contributed by atoms with Gasteiger partial charge >= 0.3 is 0 Å². The maximum absolute atomic E-state index is 5.46.